The van der Waals surface area contributed by atoms with Crippen molar-refractivity contribution in [3.63, 3.8) is 0 Å². The predicted molar refractivity (Wildman–Crippen MR) is 51.0 cm³/mol. The second-order valence-electron chi connectivity index (χ2n) is 2.70. The second-order valence-corrected chi connectivity index (χ2v) is 2.70. The Labute approximate surface area is 81.3 Å². The first kappa shape index (κ1) is 10.0. The number of benzene rings is 1. The molecule has 0 atom stereocenters. The van der Waals surface area contributed by atoms with Crippen molar-refractivity contribution in [3.05, 3.63) is 35.9 Å². The normalized spacial score (nSPS) is 9.14. The van der Waals surface area contributed by atoms with Crippen LogP contribution in [0.15, 0.2) is 30.3 Å². The summed E-state index contributed by atoms with van der Waals surface area (Å²) in [4.78, 5) is 21.4. The number of urea groups is 1. The molecule has 0 saturated carbocycles. The fourth-order valence-electron chi connectivity index (χ4n) is 0.957. The lowest BCUT2D eigenvalue weighted by atomic mass is 10.1. The smallest absolute Gasteiger partial charge is 0.330 e. The summed E-state index contributed by atoms with van der Waals surface area (Å²) in [6.07, 6.45) is 0.209. The number of hydrogen-bond acceptors (Lipinski definition) is 2. The van der Waals surface area contributed by atoms with Gasteiger partial charge in [-0.2, -0.15) is 0 Å². The van der Waals surface area contributed by atoms with Gasteiger partial charge in [0.1, 0.15) is 0 Å². The van der Waals surface area contributed by atoms with Gasteiger partial charge in [-0.25, -0.2) is 10.2 Å². The van der Waals surface area contributed by atoms with Crippen molar-refractivity contribution in [1.82, 2.24) is 10.9 Å². The van der Waals surface area contributed by atoms with Crippen molar-refractivity contribution < 1.29 is 9.59 Å². The Bertz CT molecular complexity index is 324. The van der Waals surface area contributed by atoms with Crippen molar-refractivity contribution in [2.24, 2.45) is 5.73 Å². The number of carbonyl (C=O) groups excluding carboxylic acids is 2. The number of nitrogens with two attached hydrogens (primary N) is 1. The first-order chi connectivity index (χ1) is 6.68. The van der Waals surface area contributed by atoms with Crippen molar-refractivity contribution in [3.8, 4) is 0 Å². The predicted octanol–water partition coefficient (Wildman–Crippen LogP) is -0.0714. The van der Waals surface area contributed by atoms with E-state index in [1.165, 1.54) is 0 Å². The largest absolute Gasteiger partial charge is 0.350 e. The summed E-state index contributed by atoms with van der Waals surface area (Å²) < 4.78 is 0. The molecule has 0 aliphatic carbocycles. The third kappa shape index (κ3) is 3.57. The third-order valence-corrected chi connectivity index (χ3v) is 1.53. The topological polar surface area (TPSA) is 84.2 Å². The molecule has 1 aromatic carbocycles. The van der Waals surface area contributed by atoms with E-state index < -0.39 is 6.03 Å². The Hall–Kier alpha value is -2.04. The van der Waals surface area contributed by atoms with Gasteiger partial charge < -0.3 is 5.73 Å². The molecule has 0 fully saturated rings. The number of hydrogen-bond donors (Lipinski definition) is 3. The van der Waals surface area contributed by atoms with Crippen LogP contribution in [0.3, 0.4) is 0 Å². The molecule has 0 heterocycles. The van der Waals surface area contributed by atoms with E-state index in [4.69, 9.17) is 5.73 Å². The van der Waals surface area contributed by atoms with Crippen LogP contribution in [-0.2, 0) is 11.2 Å². The molecule has 4 N–H and O–H groups in total. The SMILES string of the molecule is NC(=O)NNC(=O)Cc1ccccc1. The molecule has 0 saturated heterocycles. The van der Waals surface area contributed by atoms with Gasteiger partial charge in [-0.05, 0) is 5.56 Å². The van der Waals surface area contributed by atoms with Crippen LogP contribution in [0.4, 0.5) is 4.79 Å². The molecular weight excluding hydrogens is 182 g/mol. The maximum Gasteiger partial charge on any atom is 0.330 e. The fourth-order valence-corrected chi connectivity index (χ4v) is 0.957. The van der Waals surface area contributed by atoms with Gasteiger partial charge in [0.25, 0.3) is 0 Å². The molecule has 0 bridgehead atoms. The highest BCUT2D eigenvalue weighted by Crippen LogP contribution is 1.98. The summed E-state index contributed by atoms with van der Waals surface area (Å²) in [6.45, 7) is 0. The molecule has 0 aliphatic rings. The van der Waals surface area contributed by atoms with Gasteiger partial charge >= 0.3 is 6.03 Å². The first-order valence-electron chi connectivity index (χ1n) is 4.06. The van der Waals surface area contributed by atoms with Crippen LogP contribution in [0.5, 0.6) is 0 Å². The summed E-state index contributed by atoms with van der Waals surface area (Å²) in [5.74, 6) is -0.310. The zero-order valence-corrected chi connectivity index (χ0v) is 7.49. The van der Waals surface area contributed by atoms with Gasteiger partial charge in [0.05, 0.1) is 6.42 Å². The monoisotopic (exact) mass is 193 g/mol. The molecule has 3 amide bonds. The summed E-state index contributed by atoms with van der Waals surface area (Å²) in [5.41, 5.74) is 9.81. The molecule has 0 aliphatic heterocycles. The zero-order chi connectivity index (χ0) is 10.4. The summed E-state index contributed by atoms with van der Waals surface area (Å²) in [6, 6.07) is 8.40. The molecule has 5 nitrogen and oxygen atoms in total. The molecule has 5 heteroatoms. The summed E-state index contributed by atoms with van der Waals surface area (Å²) in [7, 11) is 0. The summed E-state index contributed by atoms with van der Waals surface area (Å²) >= 11 is 0. The summed E-state index contributed by atoms with van der Waals surface area (Å²) in [5, 5.41) is 0. The van der Waals surface area contributed by atoms with Crippen molar-refractivity contribution in [2.45, 2.75) is 6.42 Å². The molecule has 0 spiro atoms. The lowest BCUT2D eigenvalue weighted by Gasteiger charge is -2.04. The molecule has 1 rings (SSSR count). The molecular formula is C9H11N3O2. The van der Waals surface area contributed by atoms with E-state index in [2.05, 4.69) is 5.43 Å². The first-order valence-corrected chi connectivity index (χ1v) is 4.06. The minimum absolute atomic E-state index is 0.209. The molecule has 0 unspecified atom stereocenters. The number of carbonyl (C=O) groups is 2. The molecule has 14 heavy (non-hydrogen) atoms. The number of primary amides is 1. The van der Waals surface area contributed by atoms with E-state index >= 15 is 0 Å². The van der Waals surface area contributed by atoms with E-state index in [-0.39, 0.29) is 12.3 Å². The molecule has 1 aromatic rings. The highest BCUT2D eigenvalue weighted by Gasteiger charge is 2.02. The van der Waals surface area contributed by atoms with Crippen molar-refractivity contribution >= 4 is 11.9 Å². The minimum atomic E-state index is -0.786. The standard InChI is InChI=1S/C9H11N3O2/c10-9(14)12-11-8(13)6-7-4-2-1-3-5-7/h1-5H,6H2,(H,11,13)(H3,10,12,14). The Kier molecular flexibility index (Phi) is 3.49. The van der Waals surface area contributed by atoms with Crippen LogP contribution in [-0.4, -0.2) is 11.9 Å². The Morgan fingerprint density at radius 2 is 1.79 bits per heavy atom. The van der Waals surface area contributed by atoms with Crippen LogP contribution in [0.1, 0.15) is 5.56 Å². The average Bonchev–Trinajstić information content (AvgIpc) is 2.16. The van der Waals surface area contributed by atoms with Crippen LogP contribution < -0.4 is 16.6 Å². The highest BCUT2D eigenvalue weighted by molar-refractivity contribution is 5.81. The van der Waals surface area contributed by atoms with Gasteiger partial charge in [-0.1, -0.05) is 30.3 Å². The van der Waals surface area contributed by atoms with Gasteiger partial charge in [-0.3, -0.25) is 10.2 Å². The van der Waals surface area contributed by atoms with Crippen LogP contribution in [0, 0.1) is 0 Å². The van der Waals surface area contributed by atoms with Crippen LogP contribution >= 0.6 is 0 Å². The molecule has 0 radical (unpaired) electrons. The van der Waals surface area contributed by atoms with Crippen LogP contribution in [0.25, 0.3) is 0 Å². The number of amides is 3. The minimum Gasteiger partial charge on any atom is -0.350 e. The average molecular weight is 193 g/mol. The molecule has 0 aromatic heterocycles. The van der Waals surface area contributed by atoms with E-state index in [0.29, 0.717) is 0 Å². The Morgan fingerprint density at radius 1 is 1.14 bits per heavy atom. The van der Waals surface area contributed by atoms with Gasteiger partial charge in [0, 0.05) is 0 Å². The highest BCUT2D eigenvalue weighted by atomic mass is 16.2. The van der Waals surface area contributed by atoms with Gasteiger partial charge in [0.2, 0.25) is 5.91 Å². The molecule has 74 valence electrons. The maximum atomic E-state index is 11.1. The number of nitrogens with one attached hydrogen (secondary N) is 2. The maximum absolute atomic E-state index is 11.1. The van der Waals surface area contributed by atoms with E-state index in [1.54, 1.807) is 0 Å². The second kappa shape index (κ2) is 4.86. The van der Waals surface area contributed by atoms with Crippen molar-refractivity contribution in [2.75, 3.05) is 0 Å². The quantitative estimate of drug-likeness (QED) is 0.574. The Balaban J connectivity index is 2.38. The third-order valence-electron chi connectivity index (χ3n) is 1.53. The van der Waals surface area contributed by atoms with Crippen LogP contribution in [0.2, 0.25) is 0 Å². The zero-order valence-electron chi connectivity index (χ0n) is 7.49. The Morgan fingerprint density at radius 3 is 2.36 bits per heavy atom. The lowest BCUT2D eigenvalue weighted by molar-refractivity contribution is -0.121. The van der Waals surface area contributed by atoms with E-state index in [9.17, 15) is 9.59 Å². The van der Waals surface area contributed by atoms with Crippen molar-refractivity contribution in [1.29, 1.82) is 0 Å². The van der Waals surface area contributed by atoms with Gasteiger partial charge in [-0.15, -0.1) is 0 Å². The van der Waals surface area contributed by atoms with E-state index in [1.807, 2.05) is 35.8 Å². The van der Waals surface area contributed by atoms with E-state index in [0.717, 1.165) is 5.56 Å². The lowest BCUT2D eigenvalue weighted by Crippen LogP contribution is -2.45. The number of hydrazine groups is 1. The fraction of sp³-hybridized carbons (Fsp3) is 0.111. The van der Waals surface area contributed by atoms with Gasteiger partial charge in [0.15, 0.2) is 0 Å². The number of rotatable bonds is 2.